The lowest BCUT2D eigenvalue weighted by molar-refractivity contribution is -0.145. The molecule has 5 atom stereocenters. The maximum atomic E-state index is 13.5. The van der Waals surface area contributed by atoms with E-state index in [1.165, 1.54) is 4.90 Å². The molecule has 5 unspecified atom stereocenters. The van der Waals surface area contributed by atoms with Crippen LogP contribution in [0, 0.1) is 23.7 Å². The molecule has 4 rings (SSSR count). The van der Waals surface area contributed by atoms with Crippen LogP contribution < -0.4 is 4.74 Å². The molecule has 6 nitrogen and oxygen atoms in total. The van der Waals surface area contributed by atoms with Gasteiger partial charge in [0.15, 0.2) is 0 Å². The first-order valence-electron chi connectivity index (χ1n) is 11.5. The van der Waals surface area contributed by atoms with Gasteiger partial charge in [-0.2, -0.15) is 0 Å². The van der Waals surface area contributed by atoms with Crippen molar-refractivity contribution in [1.29, 1.82) is 0 Å². The summed E-state index contributed by atoms with van der Waals surface area (Å²) in [4.78, 5) is 43.5. The van der Waals surface area contributed by atoms with Crippen molar-refractivity contribution in [3.8, 4) is 5.75 Å². The van der Waals surface area contributed by atoms with E-state index in [4.69, 9.17) is 4.74 Å². The molecule has 0 aromatic heterocycles. The number of carbonyl (C=O) groups is 3. The maximum absolute atomic E-state index is 13.5. The maximum Gasteiger partial charge on any atom is 0.234 e. The van der Waals surface area contributed by atoms with Crippen LogP contribution in [0.1, 0.15) is 51.1 Å². The molecule has 6 heteroatoms. The summed E-state index contributed by atoms with van der Waals surface area (Å²) in [5, 5.41) is 0. The molecule has 2 aliphatic carbocycles. The molecule has 1 saturated heterocycles. The molecule has 2 fully saturated rings. The lowest BCUT2D eigenvalue weighted by atomic mass is 9.85. The van der Waals surface area contributed by atoms with Gasteiger partial charge in [-0.3, -0.25) is 19.3 Å². The Hall–Kier alpha value is -2.63. The SMILES string of the molecule is CCCN(CCC)C(=O)CC(c1cccc(OC)c1)N1C(=O)C2C3C=CC(C3)C2C1=O. The Morgan fingerprint density at radius 3 is 2.26 bits per heavy atom. The van der Waals surface area contributed by atoms with Gasteiger partial charge in [0.25, 0.3) is 0 Å². The Bertz CT molecular complexity index is 859. The van der Waals surface area contributed by atoms with E-state index in [0.717, 1.165) is 24.8 Å². The second kappa shape index (κ2) is 8.85. The molecule has 1 aromatic rings. The van der Waals surface area contributed by atoms with Crippen LogP contribution in [0.5, 0.6) is 5.75 Å². The largest absolute Gasteiger partial charge is 0.497 e. The summed E-state index contributed by atoms with van der Waals surface area (Å²) >= 11 is 0. The number of likely N-dealkylation sites (tertiary alicyclic amines) is 1. The summed E-state index contributed by atoms with van der Waals surface area (Å²) in [5.41, 5.74) is 0.766. The Morgan fingerprint density at radius 1 is 1.10 bits per heavy atom. The lowest BCUT2D eigenvalue weighted by Gasteiger charge is -2.30. The van der Waals surface area contributed by atoms with Crippen LogP contribution in [0.2, 0.25) is 0 Å². The van der Waals surface area contributed by atoms with Gasteiger partial charge in [0.2, 0.25) is 17.7 Å². The number of fused-ring (bicyclic) bond motifs is 5. The van der Waals surface area contributed by atoms with Crippen LogP contribution in [0.4, 0.5) is 0 Å². The molecule has 3 amide bonds. The normalized spacial score (nSPS) is 27.0. The van der Waals surface area contributed by atoms with E-state index in [1.54, 1.807) is 7.11 Å². The number of benzene rings is 1. The number of hydrogen-bond donors (Lipinski definition) is 0. The van der Waals surface area contributed by atoms with Crippen LogP contribution >= 0.6 is 0 Å². The summed E-state index contributed by atoms with van der Waals surface area (Å²) in [7, 11) is 1.59. The van der Waals surface area contributed by atoms with Gasteiger partial charge in [0, 0.05) is 13.1 Å². The van der Waals surface area contributed by atoms with Gasteiger partial charge < -0.3 is 9.64 Å². The number of carbonyl (C=O) groups excluding carboxylic acids is 3. The minimum atomic E-state index is -0.608. The van der Waals surface area contributed by atoms with Crippen molar-refractivity contribution in [3.63, 3.8) is 0 Å². The van der Waals surface area contributed by atoms with Gasteiger partial charge in [0.05, 0.1) is 31.4 Å². The van der Waals surface area contributed by atoms with E-state index in [9.17, 15) is 14.4 Å². The second-order valence-corrected chi connectivity index (χ2v) is 8.92. The smallest absolute Gasteiger partial charge is 0.234 e. The fraction of sp³-hybridized carbons (Fsp3) is 0.560. The third-order valence-electron chi connectivity index (χ3n) is 7.00. The number of rotatable bonds is 9. The fourth-order valence-corrected chi connectivity index (χ4v) is 5.64. The van der Waals surface area contributed by atoms with Crippen LogP contribution in [-0.4, -0.2) is 47.7 Å². The van der Waals surface area contributed by atoms with Crippen molar-refractivity contribution in [3.05, 3.63) is 42.0 Å². The molecule has 1 saturated carbocycles. The predicted molar refractivity (Wildman–Crippen MR) is 117 cm³/mol. The van der Waals surface area contributed by atoms with Crippen LogP contribution in [0.15, 0.2) is 36.4 Å². The second-order valence-electron chi connectivity index (χ2n) is 8.92. The minimum absolute atomic E-state index is 0.0183. The Kier molecular flexibility index (Phi) is 6.17. The molecule has 0 spiro atoms. The standard InChI is InChI=1S/C25H32N2O4/c1-4-11-26(12-5-2)21(28)15-20(16-7-6-8-19(14-16)31-3)27-24(29)22-17-9-10-18(13-17)23(22)25(27)30/h6-10,14,17-18,20,22-23H,4-5,11-13,15H2,1-3H3. The molecule has 1 aliphatic heterocycles. The van der Waals surface area contributed by atoms with E-state index >= 15 is 0 Å². The van der Waals surface area contributed by atoms with Gasteiger partial charge in [0.1, 0.15) is 5.75 Å². The van der Waals surface area contributed by atoms with Crippen LogP contribution in [-0.2, 0) is 14.4 Å². The highest BCUT2D eigenvalue weighted by molar-refractivity contribution is 6.07. The number of allylic oxidation sites excluding steroid dienone is 2. The first kappa shape index (κ1) is 21.6. The molecule has 0 radical (unpaired) electrons. The summed E-state index contributed by atoms with van der Waals surface area (Å²) in [6, 6.07) is 6.78. The molecule has 2 bridgehead atoms. The minimum Gasteiger partial charge on any atom is -0.497 e. The molecular weight excluding hydrogens is 392 g/mol. The number of hydrogen-bond acceptors (Lipinski definition) is 4. The zero-order valence-corrected chi connectivity index (χ0v) is 18.6. The van der Waals surface area contributed by atoms with Crippen molar-refractivity contribution in [1.82, 2.24) is 9.80 Å². The third-order valence-corrected chi connectivity index (χ3v) is 7.00. The number of ether oxygens (including phenoxy) is 1. The number of imide groups is 1. The highest BCUT2D eigenvalue weighted by Gasteiger charge is 2.60. The Labute approximate surface area is 184 Å². The van der Waals surface area contributed by atoms with Gasteiger partial charge in [-0.1, -0.05) is 38.1 Å². The molecule has 3 aliphatic rings. The Morgan fingerprint density at radius 2 is 1.71 bits per heavy atom. The topological polar surface area (TPSA) is 66.9 Å². The van der Waals surface area contributed by atoms with E-state index in [2.05, 4.69) is 12.2 Å². The van der Waals surface area contributed by atoms with E-state index in [-0.39, 0.29) is 47.8 Å². The lowest BCUT2D eigenvalue weighted by Crippen LogP contribution is -2.41. The summed E-state index contributed by atoms with van der Waals surface area (Å²) in [6.07, 6.45) is 6.93. The third kappa shape index (κ3) is 3.77. The summed E-state index contributed by atoms with van der Waals surface area (Å²) in [6.45, 7) is 5.46. The zero-order chi connectivity index (χ0) is 22.1. The van der Waals surface area contributed by atoms with Crippen molar-refractivity contribution in [2.45, 2.75) is 45.6 Å². The van der Waals surface area contributed by atoms with Gasteiger partial charge in [-0.05, 0) is 48.8 Å². The van der Waals surface area contributed by atoms with Crippen LogP contribution in [0.25, 0.3) is 0 Å². The molecule has 1 heterocycles. The molecular formula is C25H32N2O4. The van der Waals surface area contributed by atoms with E-state index in [0.29, 0.717) is 18.8 Å². The number of amides is 3. The van der Waals surface area contributed by atoms with Crippen molar-refractivity contribution >= 4 is 17.7 Å². The molecule has 31 heavy (non-hydrogen) atoms. The Balaban J connectivity index is 1.67. The number of methoxy groups -OCH3 is 1. The van der Waals surface area contributed by atoms with Crippen molar-refractivity contribution in [2.75, 3.05) is 20.2 Å². The quantitative estimate of drug-likeness (QED) is 0.449. The van der Waals surface area contributed by atoms with Gasteiger partial charge in [-0.15, -0.1) is 0 Å². The zero-order valence-electron chi connectivity index (χ0n) is 18.6. The fourth-order valence-electron chi connectivity index (χ4n) is 5.64. The first-order chi connectivity index (χ1) is 15.0. The number of nitrogens with zero attached hydrogens (tertiary/aromatic N) is 2. The average Bonchev–Trinajstić information content (AvgIpc) is 3.46. The molecule has 0 N–H and O–H groups in total. The van der Waals surface area contributed by atoms with E-state index < -0.39 is 6.04 Å². The van der Waals surface area contributed by atoms with Crippen LogP contribution in [0.3, 0.4) is 0 Å². The highest BCUT2D eigenvalue weighted by atomic mass is 16.5. The van der Waals surface area contributed by atoms with Crippen molar-refractivity contribution in [2.24, 2.45) is 23.7 Å². The van der Waals surface area contributed by atoms with Gasteiger partial charge in [-0.25, -0.2) is 0 Å². The highest BCUT2D eigenvalue weighted by Crippen LogP contribution is 2.54. The monoisotopic (exact) mass is 424 g/mol. The molecule has 166 valence electrons. The van der Waals surface area contributed by atoms with Crippen molar-refractivity contribution < 1.29 is 19.1 Å². The first-order valence-corrected chi connectivity index (χ1v) is 11.5. The van der Waals surface area contributed by atoms with Gasteiger partial charge >= 0.3 is 0 Å². The predicted octanol–water partition coefficient (Wildman–Crippen LogP) is 3.58. The molecule has 1 aromatic carbocycles. The van der Waals surface area contributed by atoms with E-state index in [1.807, 2.05) is 43.0 Å². The summed E-state index contributed by atoms with van der Waals surface area (Å²) < 4.78 is 5.38. The summed E-state index contributed by atoms with van der Waals surface area (Å²) in [5.74, 6) is 0.144. The average molecular weight is 425 g/mol.